The Labute approximate surface area is 135 Å². The molecule has 1 aromatic heterocycles. The number of ketones is 1. The Hall–Kier alpha value is -2.92. The zero-order valence-corrected chi connectivity index (χ0v) is 12.8. The molecule has 0 spiro atoms. The van der Waals surface area contributed by atoms with E-state index < -0.39 is 17.6 Å². The highest BCUT2D eigenvalue weighted by molar-refractivity contribution is 7.13. The third kappa shape index (κ3) is 2.74. The summed E-state index contributed by atoms with van der Waals surface area (Å²) in [5.74, 6) is -1.38. The highest BCUT2D eigenvalue weighted by atomic mass is 32.1. The molecule has 2 aromatic rings. The highest BCUT2D eigenvalue weighted by Crippen LogP contribution is 2.36. The van der Waals surface area contributed by atoms with Crippen LogP contribution in [0.1, 0.15) is 10.5 Å². The van der Waals surface area contributed by atoms with Gasteiger partial charge in [0.25, 0.3) is 0 Å². The lowest BCUT2D eigenvalue weighted by molar-refractivity contribution is -0.121. The van der Waals surface area contributed by atoms with Gasteiger partial charge in [-0.1, -0.05) is 0 Å². The Morgan fingerprint density at radius 1 is 1.39 bits per heavy atom. The topological polar surface area (TPSA) is 101 Å². The van der Waals surface area contributed by atoms with E-state index in [1.54, 1.807) is 24.3 Å². The molecule has 116 valence electrons. The first kappa shape index (κ1) is 15.0. The molecular formula is C15H11N3O4S. The number of nitrogens with one attached hydrogen (secondary N) is 1. The Bertz CT molecular complexity index is 824. The minimum atomic E-state index is -1.40. The molecule has 0 saturated carbocycles. The number of carbonyl (C=O) groups is 2. The summed E-state index contributed by atoms with van der Waals surface area (Å²) in [4.78, 5) is 28.0. The van der Waals surface area contributed by atoms with Gasteiger partial charge in [-0.05, 0) is 18.2 Å². The van der Waals surface area contributed by atoms with Gasteiger partial charge in [0.05, 0.1) is 6.07 Å². The first-order valence-corrected chi connectivity index (χ1v) is 7.53. The summed E-state index contributed by atoms with van der Waals surface area (Å²) >= 11 is 1.25. The molecule has 1 aliphatic rings. The zero-order valence-electron chi connectivity index (χ0n) is 12.0. The fourth-order valence-electron chi connectivity index (χ4n) is 2.08. The molecule has 0 bridgehead atoms. The van der Waals surface area contributed by atoms with E-state index in [-0.39, 0.29) is 12.5 Å². The smallest absolute Gasteiger partial charge is 0.245 e. The summed E-state index contributed by atoms with van der Waals surface area (Å²) in [5.41, 5.74) is 0.865. The fraction of sp³-hybridized carbons (Fsp3) is 0.200. The summed E-state index contributed by atoms with van der Waals surface area (Å²) in [6, 6.07) is 7.05. The van der Waals surface area contributed by atoms with Crippen molar-refractivity contribution in [3.8, 4) is 28.1 Å². The van der Waals surface area contributed by atoms with Gasteiger partial charge in [-0.2, -0.15) is 5.26 Å². The summed E-state index contributed by atoms with van der Waals surface area (Å²) in [6.45, 7) is 0.177. The molecule has 0 saturated heterocycles. The second kappa shape index (κ2) is 6.06. The van der Waals surface area contributed by atoms with Gasteiger partial charge in [0.1, 0.15) is 10.7 Å². The van der Waals surface area contributed by atoms with E-state index in [0.717, 1.165) is 5.56 Å². The van der Waals surface area contributed by atoms with Crippen molar-refractivity contribution in [2.45, 2.75) is 0 Å². The Balaban J connectivity index is 1.87. The fourth-order valence-corrected chi connectivity index (χ4v) is 2.88. The molecule has 7 nitrogen and oxygen atoms in total. The van der Waals surface area contributed by atoms with Crippen LogP contribution in [0.15, 0.2) is 23.6 Å². The number of hydrogen-bond donors (Lipinski definition) is 1. The monoisotopic (exact) mass is 329 g/mol. The number of Topliss-reactive ketones (excluding diaryl/α,β-unsaturated/α-hetero) is 1. The molecule has 3 rings (SSSR count). The molecule has 8 heteroatoms. The lowest BCUT2D eigenvalue weighted by Crippen LogP contribution is -2.32. The number of hydrogen-bond acceptors (Lipinski definition) is 7. The molecule has 1 aromatic carbocycles. The Kier molecular flexibility index (Phi) is 3.95. The van der Waals surface area contributed by atoms with E-state index in [4.69, 9.17) is 14.7 Å². The van der Waals surface area contributed by atoms with Crippen LogP contribution in [-0.2, 0) is 4.79 Å². The molecule has 1 unspecified atom stereocenters. The second-order valence-electron chi connectivity index (χ2n) is 4.65. The van der Waals surface area contributed by atoms with Crippen LogP contribution in [0, 0.1) is 17.2 Å². The minimum Gasteiger partial charge on any atom is -0.454 e. The molecule has 2 heterocycles. The van der Waals surface area contributed by atoms with Crippen LogP contribution >= 0.6 is 11.3 Å². The maximum atomic E-state index is 12.2. The number of aromatic nitrogens is 1. The van der Waals surface area contributed by atoms with E-state index >= 15 is 0 Å². The van der Waals surface area contributed by atoms with Crippen molar-refractivity contribution in [3.05, 3.63) is 29.3 Å². The van der Waals surface area contributed by atoms with Crippen LogP contribution in [0.25, 0.3) is 10.6 Å². The Morgan fingerprint density at radius 2 is 2.17 bits per heavy atom. The largest absolute Gasteiger partial charge is 0.454 e. The molecule has 1 aliphatic heterocycles. The number of nitrogens with zero attached hydrogens (tertiary/aromatic N) is 2. The van der Waals surface area contributed by atoms with Crippen molar-refractivity contribution in [2.24, 2.45) is 5.92 Å². The third-order valence-electron chi connectivity index (χ3n) is 3.28. The first-order chi connectivity index (χ1) is 11.1. The average molecular weight is 329 g/mol. The van der Waals surface area contributed by atoms with Gasteiger partial charge in [-0.15, -0.1) is 11.3 Å². The Morgan fingerprint density at radius 3 is 2.91 bits per heavy atom. The molecule has 0 fully saturated rings. The number of ether oxygens (including phenoxy) is 2. The maximum absolute atomic E-state index is 12.2. The van der Waals surface area contributed by atoms with Gasteiger partial charge < -0.3 is 14.8 Å². The molecule has 0 aliphatic carbocycles. The highest BCUT2D eigenvalue weighted by Gasteiger charge is 2.28. The first-order valence-electron chi connectivity index (χ1n) is 6.65. The third-order valence-corrected chi connectivity index (χ3v) is 4.17. The van der Waals surface area contributed by atoms with Crippen LogP contribution in [-0.4, -0.2) is 30.5 Å². The predicted octanol–water partition coefficient (Wildman–Crippen LogP) is 1.61. The summed E-state index contributed by atoms with van der Waals surface area (Å²) in [7, 11) is 1.37. The predicted molar refractivity (Wildman–Crippen MR) is 81.2 cm³/mol. The summed E-state index contributed by atoms with van der Waals surface area (Å²) in [5, 5.41) is 13.4. The standard InChI is InChI=1S/C15H11N3O4S/c1-17-14(20)9(5-16)13(19)10-6-23-15(18-10)8-2-3-11-12(4-8)22-7-21-11/h2-4,6,9H,7H2,1H3,(H,17,20). The second-order valence-corrected chi connectivity index (χ2v) is 5.50. The SMILES string of the molecule is CNC(=O)C(C#N)C(=O)c1csc(-c2ccc3c(c2)OCO3)n1. The molecule has 1 N–H and O–H groups in total. The lowest BCUT2D eigenvalue weighted by atomic mass is 10.0. The van der Waals surface area contributed by atoms with Crippen LogP contribution < -0.4 is 14.8 Å². The molecule has 1 atom stereocenters. The van der Waals surface area contributed by atoms with Gasteiger partial charge >= 0.3 is 0 Å². The number of amides is 1. The van der Waals surface area contributed by atoms with Gasteiger partial charge in [0, 0.05) is 18.0 Å². The number of thiazole rings is 1. The van der Waals surface area contributed by atoms with Crippen molar-refractivity contribution in [3.63, 3.8) is 0 Å². The van der Waals surface area contributed by atoms with Crippen LogP contribution in [0.3, 0.4) is 0 Å². The summed E-state index contributed by atoms with van der Waals surface area (Å²) in [6.07, 6.45) is 0. The van der Waals surface area contributed by atoms with Crippen molar-refractivity contribution >= 4 is 23.0 Å². The van der Waals surface area contributed by atoms with Crippen molar-refractivity contribution in [1.82, 2.24) is 10.3 Å². The van der Waals surface area contributed by atoms with E-state index in [0.29, 0.717) is 16.5 Å². The lowest BCUT2D eigenvalue weighted by Gasteiger charge is -2.04. The molecule has 1 amide bonds. The van der Waals surface area contributed by atoms with Crippen molar-refractivity contribution in [2.75, 3.05) is 13.8 Å². The number of fused-ring (bicyclic) bond motifs is 1. The zero-order chi connectivity index (χ0) is 16.4. The number of rotatable bonds is 4. The normalized spacial score (nSPS) is 13.2. The van der Waals surface area contributed by atoms with E-state index in [1.165, 1.54) is 23.8 Å². The van der Waals surface area contributed by atoms with Gasteiger partial charge in [-0.3, -0.25) is 9.59 Å². The van der Waals surface area contributed by atoms with Crippen LogP contribution in [0.2, 0.25) is 0 Å². The van der Waals surface area contributed by atoms with E-state index in [1.807, 2.05) is 0 Å². The number of benzene rings is 1. The average Bonchev–Trinajstić information content (AvgIpc) is 3.23. The van der Waals surface area contributed by atoms with Gasteiger partial charge in [0.15, 0.2) is 17.4 Å². The van der Waals surface area contributed by atoms with Crippen molar-refractivity contribution < 1.29 is 19.1 Å². The summed E-state index contributed by atoms with van der Waals surface area (Å²) < 4.78 is 10.6. The van der Waals surface area contributed by atoms with E-state index in [2.05, 4.69) is 10.3 Å². The minimum absolute atomic E-state index is 0.0952. The quantitative estimate of drug-likeness (QED) is 0.675. The van der Waals surface area contributed by atoms with Gasteiger partial charge in [0.2, 0.25) is 18.5 Å². The van der Waals surface area contributed by atoms with Gasteiger partial charge in [-0.25, -0.2) is 4.98 Å². The number of nitriles is 1. The number of carbonyl (C=O) groups excluding carboxylic acids is 2. The molecule has 23 heavy (non-hydrogen) atoms. The van der Waals surface area contributed by atoms with Crippen molar-refractivity contribution in [1.29, 1.82) is 5.26 Å². The molecular weight excluding hydrogens is 318 g/mol. The van der Waals surface area contributed by atoms with Crippen LogP contribution in [0.5, 0.6) is 11.5 Å². The maximum Gasteiger partial charge on any atom is 0.245 e. The van der Waals surface area contributed by atoms with Crippen LogP contribution in [0.4, 0.5) is 0 Å². The molecule has 0 radical (unpaired) electrons. The van der Waals surface area contributed by atoms with E-state index in [9.17, 15) is 9.59 Å².